The molecule has 1 aromatic rings. The molecule has 3 nitrogen and oxygen atoms in total. The highest BCUT2D eigenvalue weighted by molar-refractivity contribution is 5.50. The van der Waals surface area contributed by atoms with Gasteiger partial charge >= 0.3 is 0 Å². The molecule has 0 saturated heterocycles. The van der Waals surface area contributed by atoms with Crippen molar-refractivity contribution < 1.29 is 5.11 Å². The number of nitrogens with two attached hydrogens (primary N) is 1. The standard InChI is InChI=1S/C13H22N2O/c1-10-7-12(6-5-11(10)8-14)15(4)9-13(2,3)16/h5-7,16H,8-9,14H2,1-4H3. The average Bonchev–Trinajstić information content (AvgIpc) is 2.15. The van der Waals surface area contributed by atoms with Crippen molar-refractivity contribution in [3.05, 3.63) is 29.3 Å². The normalized spacial score (nSPS) is 11.6. The third-order valence-electron chi connectivity index (χ3n) is 2.61. The Morgan fingerprint density at radius 3 is 2.44 bits per heavy atom. The number of likely N-dealkylation sites (N-methyl/N-ethyl adjacent to an activating group) is 1. The van der Waals surface area contributed by atoms with Gasteiger partial charge in [0.1, 0.15) is 0 Å². The van der Waals surface area contributed by atoms with Crippen molar-refractivity contribution in [2.45, 2.75) is 32.9 Å². The molecule has 3 heteroatoms. The summed E-state index contributed by atoms with van der Waals surface area (Å²) in [5, 5.41) is 9.76. The summed E-state index contributed by atoms with van der Waals surface area (Å²) in [5.41, 5.74) is 8.41. The van der Waals surface area contributed by atoms with Gasteiger partial charge in [0.25, 0.3) is 0 Å². The molecule has 0 aromatic heterocycles. The van der Waals surface area contributed by atoms with Crippen LogP contribution >= 0.6 is 0 Å². The molecular formula is C13H22N2O. The largest absolute Gasteiger partial charge is 0.389 e. The maximum Gasteiger partial charge on any atom is 0.0765 e. The molecule has 0 aliphatic heterocycles. The van der Waals surface area contributed by atoms with Crippen LogP contribution in [-0.4, -0.2) is 24.3 Å². The average molecular weight is 222 g/mol. The summed E-state index contributed by atoms with van der Waals surface area (Å²) in [6, 6.07) is 6.19. The topological polar surface area (TPSA) is 49.5 Å². The van der Waals surface area contributed by atoms with E-state index in [-0.39, 0.29) is 0 Å². The molecule has 16 heavy (non-hydrogen) atoms. The highest BCUT2D eigenvalue weighted by Gasteiger charge is 2.16. The first-order valence-electron chi connectivity index (χ1n) is 5.56. The number of nitrogens with zero attached hydrogens (tertiary/aromatic N) is 1. The van der Waals surface area contributed by atoms with Gasteiger partial charge in [-0.25, -0.2) is 0 Å². The fourth-order valence-electron chi connectivity index (χ4n) is 1.82. The summed E-state index contributed by atoms with van der Waals surface area (Å²) in [5.74, 6) is 0. The van der Waals surface area contributed by atoms with E-state index in [1.54, 1.807) is 0 Å². The Morgan fingerprint density at radius 2 is 2.00 bits per heavy atom. The van der Waals surface area contributed by atoms with Gasteiger partial charge in [-0.3, -0.25) is 0 Å². The van der Waals surface area contributed by atoms with Crippen LogP contribution in [0.3, 0.4) is 0 Å². The van der Waals surface area contributed by atoms with E-state index >= 15 is 0 Å². The molecule has 1 rings (SSSR count). The van der Waals surface area contributed by atoms with E-state index in [4.69, 9.17) is 5.73 Å². The van der Waals surface area contributed by atoms with Crippen molar-refractivity contribution in [2.75, 3.05) is 18.5 Å². The first-order valence-corrected chi connectivity index (χ1v) is 5.56. The van der Waals surface area contributed by atoms with Gasteiger partial charge in [-0.2, -0.15) is 0 Å². The molecule has 3 N–H and O–H groups in total. The van der Waals surface area contributed by atoms with Crippen molar-refractivity contribution >= 4 is 5.69 Å². The van der Waals surface area contributed by atoms with Crippen LogP contribution in [-0.2, 0) is 6.54 Å². The fraction of sp³-hybridized carbons (Fsp3) is 0.538. The first-order chi connectivity index (χ1) is 7.33. The first kappa shape index (κ1) is 13.0. The lowest BCUT2D eigenvalue weighted by molar-refractivity contribution is 0.0886. The van der Waals surface area contributed by atoms with Crippen molar-refractivity contribution in [3.8, 4) is 0 Å². The summed E-state index contributed by atoms with van der Waals surface area (Å²) >= 11 is 0. The second-order valence-electron chi connectivity index (χ2n) is 4.98. The molecule has 0 atom stereocenters. The van der Waals surface area contributed by atoms with E-state index in [0.29, 0.717) is 13.1 Å². The van der Waals surface area contributed by atoms with Crippen LogP contribution in [0.5, 0.6) is 0 Å². The summed E-state index contributed by atoms with van der Waals surface area (Å²) < 4.78 is 0. The third kappa shape index (κ3) is 3.51. The molecule has 0 saturated carbocycles. The van der Waals surface area contributed by atoms with Gasteiger partial charge in [-0.15, -0.1) is 0 Å². The van der Waals surface area contributed by atoms with Crippen LogP contribution < -0.4 is 10.6 Å². The van der Waals surface area contributed by atoms with E-state index in [0.717, 1.165) is 5.69 Å². The lowest BCUT2D eigenvalue weighted by atomic mass is 10.1. The maximum atomic E-state index is 9.76. The molecule has 0 fully saturated rings. The molecule has 0 amide bonds. The second kappa shape index (κ2) is 4.85. The number of rotatable bonds is 4. The van der Waals surface area contributed by atoms with Crippen molar-refractivity contribution in [3.63, 3.8) is 0 Å². The molecule has 0 radical (unpaired) electrons. The Hall–Kier alpha value is -1.06. The molecule has 90 valence electrons. The van der Waals surface area contributed by atoms with Gasteiger partial charge in [-0.05, 0) is 44.0 Å². The van der Waals surface area contributed by atoms with E-state index in [1.807, 2.05) is 37.9 Å². The predicted molar refractivity (Wildman–Crippen MR) is 68.6 cm³/mol. The van der Waals surface area contributed by atoms with Crippen LogP contribution in [0.15, 0.2) is 18.2 Å². The molecule has 0 aliphatic rings. The highest BCUT2D eigenvalue weighted by Crippen LogP contribution is 2.19. The van der Waals surface area contributed by atoms with E-state index in [1.165, 1.54) is 11.1 Å². The minimum atomic E-state index is -0.685. The summed E-state index contributed by atoms with van der Waals surface area (Å²) in [6.45, 7) is 6.86. The van der Waals surface area contributed by atoms with Gasteiger partial charge in [-0.1, -0.05) is 6.07 Å². The SMILES string of the molecule is Cc1cc(N(C)CC(C)(C)O)ccc1CN. The molecule has 1 aromatic carbocycles. The van der Waals surface area contributed by atoms with E-state index in [9.17, 15) is 5.11 Å². The lowest BCUT2D eigenvalue weighted by Crippen LogP contribution is -2.36. The van der Waals surface area contributed by atoms with E-state index < -0.39 is 5.60 Å². The zero-order valence-corrected chi connectivity index (χ0v) is 10.6. The van der Waals surface area contributed by atoms with Crippen molar-refractivity contribution in [2.24, 2.45) is 5.73 Å². The smallest absolute Gasteiger partial charge is 0.0765 e. The Morgan fingerprint density at radius 1 is 1.38 bits per heavy atom. The van der Waals surface area contributed by atoms with Gasteiger partial charge in [0, 0.05) is 25.8 Å². The van der Waals surface area contributed by atoms with Crippen LogP contribution in [0.25, 0.3) is 0 Å². The van der Waals surface area contributed by atoms with Gasteiger partial charge in [0.2, 0.25) is 0 Å². The highest BCUT2D eigenvalue weighted by atomic mass is 16.3. The molecule has 0 spiro atoms. The molecule has 0 unspecified atom stereocenters. The lowest BCUT2D eigenvalue weighted by Gasteiger charge is -2.27. The molecular weight excluding hydrogens is 200 g/mol. The monoisotopic (exact) mass is 222 g/mol. The van der Waals surface area contributed by atoms with Crippen molar-refractivity contribution in [1.29, 1.82) is 0 Å². The number of benzene rings is 1. The Balaban J connectivity index is 2.85. The van der Waals surface area contributed by atoms with Crippen LogP contribution in [0, 0.1) is 6.92 Å². The Bertz CT molecular complexity index is 355. The predicted octanol–water partition coefficient (Wildman–Crippen LogP) is 1.66. The molecule has 0 heterocycles. The van der Waals surface area contributed by atoms with E-state index in [2.05, 4.69) is 13.0 Å². The van der Waals surface area contributed by atoms with Crippen LogP contribution in [0.2, 0.25) is 0 Å². The maximum absolute atomic E-state index is 9.76. The minimum absolute atomic E-state index is 0.571. The summed E-state index contributed by atoms with van der Waals surface area (Å²) in [6.07, 6.45) is 0. The summed E-state index contributed by atoms with van der Waals surface area (Å²) in [7, 11) is 1.98. The second-order valence-corrected chi connectivity index (χ2v) is 4.98. The fourth-order valence-corrected chi connectivity index (χ4v) is 1.82. The van der Waals surface area contributed by atoms with Crippen LogP contribution in [0.1, 0.15) is 25.0 Å². The number of hydrogen-bond acceptors (Lipinski definition) is 3. The zero-order valence-electron chi connectivity index (χ0n) is 10.6. The van der Waals surface area contributed by atoms with Gasteiger partial charge < -0.3 is 15.7 Å². The number of aryl methyl sites for hydroxylation is 1. The Labute approximate surface area is 97.9 Å². The number of aliphatic hydroxyl groups is 1. The quantitative estimate of drug-likeness (QED) is 0.814. The third-order valence-corrected chi connectivity index (χ3v) is 2.61. The van der Waals surface area contributed by atoms with Crippen LogP contribution in [0.4, 0.5) is 5.69 Å². The number of anilines is 1. The number of hydrogen-bond donors (Lipinski definition) is 2. The molecule has 0 aliphatic carbocycles. The van der Waals surface area contributed by atoms with Crippen molar-refractivity contribution in [1.82, 2.24) is 0 Å². The zero-order chi connectivity index (χ0) is 12.3. The molecule has 0 bridgehead atoms. The van der Waals surface area contributed by atoms with Gasteiger partial charge in [0.05, 0.1) is 5.60 Å². The minimum Gasteiger partial charge on any atom is -0.389 e. The van der Waals surface area contributed by atoms with Gasteiger partial charge in [0.15, 0.2) is 0 Å². The summed E-state index contributed by atoms with van der Waals surface area (Å²) in [4.78, 5) is 2.05. The Kier molecular flexibility index (Phi) is 3.94.